The SMILES string of the molecule is Cc1cc(C)c(NC(=O)CN(C)C(=O)[C@H]2CC(=O)N(Cc3ccccc3)C2)c(C)c1. The lowest BCUT2D eigenvalue weighted by atomic mass is 10.0. The smallest absolute Gasteiger partial charge is 0.243 e. The van der Waals surface area contributed by atoms with Crippen molar-refractivity contribution in [2.45, 2.75) is 33.7 Å². The van der Waals surface area contributed by atoms with E-state index >= 15 is 0 Å². The Morgan fingerprint density at radius 1 is 1.10 bits per heavy atom. The predicted octanol–water partition coefficient (Wildman–Crippen LogP) is 3.06. The van der Waals surface area contributed by atoms with Crippen molar-refractivity contribution < 1.29 is 14.4 Å². The molecule has 1 heterocycles. The van der Waals surface area contributed by atoms with E-state index in [9.17, 15) is 14.4 Å². The van der Waals surface area contributed by atoms with Crippen LogP contribution < -0.4 is 5.32 Å². The highest BCUT2D eigenvalue weighted by atomic mass is 16.2. The highest BCUT2D eigenvalue weighted by Crippen LogP contribution is 2.23. The van der Waals surface area contributed by atoms with E-state index in [-0.39, 0.29) is 30.7 Å². The summed E-state index contributed by atoms with van der Waals surface area (Å²) in [6.45, 7) is 6.76. The highest BCUT2D eigenvalue weighted by molar-refractivity contribution is 5.97. The molecule has 1 aliphatic rings. The van der Waals surface area contributed by atoms with Gasteiger partial charge in [0.2, 0.25) is 17.7 Å². The fourth-order valence-electron chi connectivity index (χ4n) is 4.06. The Bertz CT molecular complexity index is 932. The summed E-state index contributed by atoms with van der Waals surface area (Å²) in [6.07, 6.45) is 0.188. The van der Waals surface area contributed by atoms with Crippen LogP contribution in [0.15, 0.2) is 42.5 Å². The van der Waals surface area contributed by atoms with Gasteiger partial charge in [0.1, 0.15) is 0 Å². The molecule has 1 saturated heterocycles. The number of likely N-dealkylation sites (N-methyl/N-ethyl adjacent to an activating group) is 1. The molecule has 0 bridgehead atoms. The quantitative estimate of drug-likeness (QED) is 0.800. The second-order valence-electron chi connectivity index (χ2n) is 8.18. The Balaban J connectivity index is 1.57. The molecule has 3 amide bonds. The minimum atomic E-state index is -0.415. The Hall–Kier alpha value is -3.15. The number of rotatable bonds is 6. The molecule has 6 nitrogen and oxygen atoms in total. The van der Waals surface area contributed by atoms with E-state index in [1.807, 2.05) is 63.2 Å². The highest BCUT2D eigenvalue weighted by Gasteiger charge is 2.36. The van der Waals surface area contributed by atoms with Gasteiger partial charge in [-0.2, -0.15) is 0 Å². The molecular formula is C24H29N3O3. The molecule has 0 radical (unpaired) electrons. The van der Waals surface area contributed by atoms with Gasteiger partial charge in [-0.25, -0.2) is 0 Å². The Morgan fingerprint density at radius 2 is 1.73 bits per heavy atom. The molecule has 2 aromatic carbocycles. The van der Waals surface area contributed by atoms with Crippen molar-refractivity contribution in [2.24, 2.45) is 5.92 Å². The van der Waals surface area contributed by atoms with Crippen LogP contribution in [0.1, 0.15) is 28.7 Å². The van der Waals surface area contributed by atoms with E-state index in [0.29, 0.717) is 13.1 Å². The number of aryl methyl sites for hydroxylation is 3. The van der Waals surface area contributed by atoms with Crippen molar-refractivity contribution in [1.29, 1.82) is 0 Å². The zero-order valence-electron chi connectivity index (χ0n) is 18.1. The summed E-state index contributed by atoms with van der Waals surface area (Å²) in [6, 6.07) is 13.8. The maximum Gasteiger partial charge on any atom is 0.243 e. The monoisotopic (exact) mass is 407 g/mol. The number of anilines is 1. The van der Waals surface area contributed by atoms with Crippen molar-refractivity contribution >= 4 is 23.4 Å². The van der Waals surface area contributed by atoms with Crippen molar-refractivity contribution in [1.82, 2.24) is 9.80 Å². The molecule has 30 heavy (non-hydrogen) atoms. The van der Waals surface area contributed by atoms with Crippen LogP contribution in [0.3, 0.4) is 0 Å². The number of hydrogen-bond donors (Lipinski definition) is 1. The van der Waals surface area contributed by atoms with Crippen LogP contribution in [0.2, 0.25) is 0 Å². The molecule has 3 rings (SSSR count). The van der Waals surface area contributed by atoms with E-state index < -0.39 is 5.92 Å². The third kappa shape index (κ3) is 5.06. The molecule has 0 spiro atoms. The Kier molecular flexibility index (Phi) is 6.55. The first-order valence-electron chi connectivity index (χ1n) is 10.2. The number of carbonyl (C=O) groups is 3. The number of amides is 3. The number of carbonyl (C=O) groups excluding carboxylic acids is 3. The average Bonchev–Trinajstić information content (AvgIpc) is 3.05. The standard InChI is InChI=1S/C24H29N3O3/c1-16-10-17(2)23(18(3)11-16)25-21(28)15-26(4)24(30)20-12-22(29)27(14-20)13-19-8-6-5-7-9-19/h5-11,20H,12-15H2,1-4H3,(H,25,28)/t20-/m0/s1. The van der Waals surface area contributed by atoms with Crippen LogP contribution in [0, 0.1) is 26.7 Å². The van der Waals surface area contributed by atoms with Crippen molar-refractivity contribution in [3.63, 3.8) is 0 Å². The summed E-state index contributed by atoms with van der Waals surface area (Å²) in [5.41, 5.74) is 4.95. The third-order valence-electron chi connectivity index (χ3n) is 5.48. The van der Waals surface area contributed by atoms with Crippen LogP contribution in [0.5, 0.6) is 0 Å². The van der Waals surface area contributed by atoms with Gasteiger partial charge in [-0.3, -0.25) is 14.4 Å². The van der Waals surface area contributed by atoms with Gasteiger partial charge in [0.15, 0.2) is 0 Å². The topological polar surface area (TPSA) is 69.7 Å². The summed E-state index contributed by atoms with van der Waals surface area (Å²) in [4.78, 5) is 40.8. The van der Waals surface area contributed by atoms with E-state index in [1.165, 1.54) is 4.90 Å². The second kappa shape index (κ2) is 9.11. The molecule has 1 N–H and O–H groups in total. The average molecular weight is 408 g/mol. The van der Waals surface area contributed by atoms with Crippen LogP contribution in [-0.2, 0) is 20.9 Å². The zero-order valence-corrected chi connectivity index (χ0v) is 18.1. The van der Waals surface area contributed by atoms with Gasteiger partial charge in [0.05, 0.1) is 12.5 Å². The minimum absolute atomic E-state index is 0.0269. The van der Waals surface area contributed by atoms with Crippen molar-refractivity contribution in [3.05, 3.63) is 64.7 Å². The molecule has 2 aromatic rings. The Labute approximate surface area is 177 Å². The van der Waals surface area contributed by atoms with Gasteiger partial charge in [-0.1, -0.05) is 48.0 Å². The molecule has 6 heteroatoms. The molecule has 1 aliphatic heterocycles. The zero-order chi connectivity index (χ0) is 21.8. The van der Waals surface area contributed by atoms with Gasteiger partial charge in [-0.05, 0) is 37.5 Å². The lowest BCUT2D eigenvalue weighted by Crippen LogP contribution is -2.39. The number of benzene rings is 2. The number of nitrogens with one attached hydrogen (secondary N) is 1. The first-order valence-corrected chi connectivity index (χ1v) is 10.2. The van der Waals surface area contributed by atoms with Gasteiger partial charge < -0.3 is 15.1 Å². The number of hydrogen-bond acceptors (Lipinski definition) is 3. The number of nitrogens with zero attached hydrogens (tertiary/aromatic N) is 2. The van der Waals surface area contributed by atoms with Gasteiger partial charge in [0.25, 0.3) is 0 Å². The Morgan fingerprint density at radius 3 is 2.37 bits per heavy atom. The fourth-order valence-corrected chi connectivity index (χ4v) is 4.06. The molecule has 158 valence electrons. The second-order valence-corrected chi connectivity index (χ2v) is 8.18. The molecule has 0 aromatic heterocycles. The largest absolute Gasteiger partial charge is 0.338 e. The third-order valence-corrected chi connectivity index (χ3v) is 5.48. The van der Waals surface area contributed by atoms with Crippen LogP contribution >= 0.6 is 0 Å². The summed E-state index contributed by atoms with van der Waals surface area (Å²) >= 11 is 0. The molecule has 0 aliphatic carbocycles. The van der Waals surface area contributed by atoms with Gasteiger partial charge >= 0.3 is 0 Å². The predicted molar refractivity (Wildman–Crippen MR) is 117 cm³/mol. The summed E-state index contributed by atoms with van der Waals surface area (Å²) < 4.78 is 0. The van der Waals surface area contributed by atoms with Crippen LogP contribution in [-0.4, -0.2) is 47.7 Å². The van der Waals surface area contributed by atoms with E-state index in [0.717, 1.165) is 27.9 Å². The molecule has 0 saturated carbocycles. The molecule has 1 fully saturated rings. The maximum atomic E-state index is 12.8. The fraction of sp³-hybridized carbons (Fsp3) is 0.375. The minimum Gasteiger partial charge on any atom is -0.338 e. The van der Waals surface area contributed by atoms with E-state index in [4.69, 9.17) is 0 Å². The van der Waals surface area contributed by atoms with E-state index in [1.54, 1.807) is 11.9 Å². The normalized spacial score (nSPS) is 15.9. The number of likely N-dealkylation sites (tertiary alicyclic amines) is 1. The lowest BCUT2D eigenvalue weighted by molar-refractivity contribution is -0.137. The first kappa shape index (κ1) is 21.6. The van der Waals surface area contributed by atoms with Crippen LogP contribution in [0.4, 0.5) is 5.69 Å². The molecule has 0 unspecified atom stereocenters. The van der Waals surface area contributed by atoms with Crippen LogP contribution in [0.25, 0.3) is 0 Å². The van der Waals surface area contributed by atoms with Gasteiger partial charge in [0, 0.05) is 32.2 Å². The summed E-state index contributed by atoms with van der Waals surface area (Å²) in [5, 5.41) is 2.92. The lowest BCUT2D eigenvalue weighted by Gasteiger charge is -2.22. The summed E-state index contributed by atoms with van der Waals surface area (Å²) in [5.74, 6) is -0.861. The van der Waals surface area contributed by atoms with E-state index in [2.05, 4.69) is 5.32 Å². The van der Waals surface area contributed by atoms with Crippen molar-refractivity contribution in [3.8, 4) is 0 Å². The van der Waals surface area contributed by atoms with Crippen molar-refractivity contribution in [2.75, 3.05) is 25.5 Å². The molecular weight excluding hydrogens is 378 g/mol. The van der Waals surface area contributed by atoms with Gasteiger partial charge in [-0.15, -0.1) is 0 Å². The molecule has 1 atom stereocenters. The maximum absolute atomic E-state index is 12.8. The summed E-state index contributed by atoms with van der Waals surface area (Å²) in [7, 11) is 1.61. The first-order chi connectivity index (χ1) is 14.2.